The molecule has 3 aromatic rings. The molecule has 24 heavy (non-hydrogen) atoms. The van der Waals surface area contributed by atoms with Crippen LogP contribution in [0.4, 0.5) is 0 Å². The molecule has 5 nitrogen and oxygen atoms in total. The summed E-state index contributed by atoms with van der Waals surface area (Å²) in [6.07, 6.45) is 0. The molecular formula is C18H15BrN2O3. The van der Waals surface area contributed by atoms with E-state index in [1.54, 1.807) is 18.7 Å². The second-order valence-corrected chi connectivity index (χ2v) is 6.15. The van der Waals surface area contributed by atoms with Crippen molar-refractivity contribution in [3.63, 3.8) is 0 Å². The van der Waals surface area contributed by atoms with Crippen LogP contribution in [-0.2, 0) is 0 Å². The van der Waals surface area contributed by atoms with Crippen LogP contribution in [0.1, 0.15) is 16.1 Å². The lowest BCUT2D eigenvalue weighted by molar-refractivity contribution is 0.0697. The molecule has 0 bridgehead atoms. The van der Waals surface area contributed by atoms with Crippen LogP contribution in [0.2, 0.25) is 0 Å². The molecule has 0 fully saturated rings. The lowest BCUT2D eigenvalue weighted by Gasteiger charge is -2.05. The number of ether oxygens (including phenoxy) is 1. The number of methoxy groups -OCH3 is 1. The third kappa shape index (κ3) is 2.92. The first kappa shape index (κ1) is 16.3. The topological polar surface area (TPSA) is 64.4 Å². The maximum absolute atomic E-state index is 11.7. The minimum Gasteiger partial charge on any atom is -0.497 e. The highest BCUT2D eigenvalue weighted by Gasteiger charge is 2.22. The second kappa shape index (κ2) is 6.49. The van der Waals surface area contributed by atoms with Crippen LogP contribution in [0.5, 0.6) is 5.75 Å². The molecule has 0 atom stereocenters. The molecule has 0 aliphatic rings. The lowest BCUT2D eigenvalue weighted by Crippen LogP contribution is -2.02. The SMILES string of the molecule is COc1ccc(-n2nc(-c3ccc(Br)cc3)c(C(=O)O)c2C)cc1. The standard InChI is InChI=1S/C18H15BrN2O3/c1-11-16(18(22)23)17(12-3-5-13(19)6-4-12)20-21(11)14-7-9-15(24-2)10-8-14/h3-10H,1-2H3,(H,22,23). The zero-order valence-corrected chi connectivity index (χ0v) is 14.7. The summed E-state index contributed by atoms with van der Waals surface area (Å²) >= 11 is 3.38. The highest BCUT2D eigenvalue weighted by atomic mass is 79.9. The molecule has 0 saturated carbocycles. The van der Waals surface area contributed by atoms with E-state index >= 15 is 0 Å². The quantitative estimate of drug-likeness (QED) is 0.724. The van der Waals surface area contributed by atoms with E-state index in [-0.39, 0.29) is 5.56 Å². The predicted molar refractivity (Wildman–Crippen MR) is 94.9 cm³/mol. The molecule has 6 heteroatoms. The Morgan fingerprint density at radius 1 is 1.12 bits per heavy atom. The van der Waals surface area contributed by atoms with Crippen molar-refractivity contribution in [2.75, 3.05) is 7.11 Å². The van der Waals surface area contributed by atoms with E-state index in [2.05, 4.69) is 21.0 Å². The van der Waals surface area contributed by atoms with Crippen molar-refractivity contribution in [3.05, 3.63) is 64.3 Å². The first-order valence-corrected chi connectivity index (χ1v) is 8.04. The van der Waals surface area contributed by atoms with Crippen molar-refractivity contribution < 1.29 is 14.6 Å². The van der Waals surface area contributed by atoms with Gasteiger partial charge in [0.2, 0.25) is 0 Å². The van der Waals surface area contributed by atoms with Crippen LogP contribution < -0.4 is 4.74 Å². The Morgan fingerprint density at radius 3 is 2.29 bits per heavy atom. The van der Waals surface area contributed by atoms with Crippen molar-refractivity contribution in [1.82, 2.24) is 9.78 Å². The largest absolute Gasteiger partial charge is 0.497 e. The van der Waals surface area contributed by atoms with Crippen LogP contribution >= 0.6 is 15.9 Å². The van der Waals surface area contributed by atoms with Crippen LogP contribution in [0, 0.1) is 6.92 Å². The number of carbonyl (C=O) groups is 1. The molecule has 2 aromatic carbocycles. The molecule has 1 heterocycles. The predicted octanol–water partition coefficient (Wildman–Crippen LogP) is 4.32. The van der Waals surface area contributed by atoms with E-state index in [9.17, 15) is 9.90 Å². The van der Waals surface area contributed by atoms with E-state index in [4.69, 9.17) is 4.74 Å². The Bertz CT molecular complexity index is 884. The van der Waals surface area contributed by atoms with Crippen molar-refractivity contribution in [2.24, 2.45) is 0 Å². The first-order valence-electron chi connectivity index (χ1n) is 7.24. The normalized spacial score (nSPS) is 10.6. The van der Waals surface area contributed by atoms with E-state index in [1.807, 2.05) is 48.5 Å². The van der Waals surface area contributed by atoms with Gasteiger partial charge in [0.25, 0.3) is 0 Å². The fraction of sp³-hybridized carbons (Fsp3) is 0.111. The fourth-order valence-electron chi connectivity index (χ4n) is 2.54. The second-order valence-electron chi connectivity index (χ2n) is 5.23. The maximum Gasteiger partial charge on any atom is 0.339 e. The number of carboxylic acids is 1. The Balaban J connectivity index is 2.16. The molecule has 1 N–H and O–H groups in total. The molecule has 1 aromatic heterocycles. The molecule has 0 amide bonds. The van der Waals surface area contributed by atoms with Gasteiger partial charge in [-0.3, -0.25) is 0 Å². The molecular weight excluding hydrogens is 372 g/mol. The molecule has 122 valence electrons. The van der Waals surface area contributed by atoms with Crippen molar-refractivity contribution >= 4 is 21.9 Å². The zero-order valence-electron chi connectivity index (χ0n) is 13.2. The van der Waals surface area contributed by atoms with Crippen molar-refractivity contribution in [1.29, 1.82) is 0 Å². The number of hydrogen-bond donors (Lipinski definition) is 1. The molecule has 0 spiro atoms. The molecule has 3 rings (SSSR count). The number of aromatic nitrogens is 2. The summed E-state index contributed by atoms with van der Waals surface area (Å²) in [4.78, 5) is 11.7. The van der Waals surface area contributed by atoms with Crippen LogP contribution in [0.25, 0.3) is 16.9 Å². The average molecular weight is 387 g/mol. The first-order chi connectivity index (χ1) is 11.5. The van der Waals surface area contributed by atoms with Gasteiger partial charge in [-0.1, -0.05) is 28.1 Å². The smallest absolute Gasteiger partial charge is 0.339 e. The summed E-state index contributed by atoms with van der Waals surface area (Å²) in [6.45, 7) is 1.75. The summed E-state index contributed by atoms with van der Waals surface area (Å²) in [5.41, 5.74) is 2.76. The molecule has 0 aliphatic carbocycles. The Labute approximate surface area is 147 Å². The van der Waals surface area contributed by atoms with Gasteiger partial charge in [0.05, 0.1) is 18.5 Å². The maximum atomic E-state index is 11.7. The molecule has 0 saturated heterocycles. The van der Waals surface area contributed by atoms with Gasteiger partial charge in [-0.05, 0) is 43.3 Å². The third-order valence-corrected chi connectivity index (χ3v) is 4.29. The van der Waals surface area contributed by atoms with Gasteiger partial charge in [0.15, 0.2) is 0 Å². The van der Waals surface area contributed by atoms with Gasteiger partial charge in [-0.2, -0.15) is 5.10 Å². The van der Waals surface area contributed by atoms with Crippen molar-refractivity contribution in [2.45, 2.75) is 6.92 Å². The third-order valence-electron chi connectivity index (χ3n) is 3.76. The molecule has 0 aliphatic heterocycles. The number of rotatable bonds is 4. The Kier molecular flexibility index (Phi) is 4.40. The summed E-state index contributed by atoms with van der Waals surface area (Å²) in [5.74, 6) is -0.264. The monoisotopic (exact) mass is 386 g/mol. The van der Waals surface area contributed by atoms with E-state index in [1.165, 1.54) is 0 Å². The summed E-state index contributed by atoms with van der Waals surface area (Å²) in [7, 11) is 1.60. The van der Waals surface area contributed by atoms with E-state index in [0.29, 0.717) is 11.4 Å². The molecule has 0 radical (unpaired) electrons. The number of hydrogen-bond acceptors (Lipinski definition) is 3. The van der Waals surface area contributed by atoms with Crippen molar-refractivity contribution in [3.8, 4) is 22.7 Å². The minimum atomic E-state index is -0.995. The van der Waals surface area contributed by atoms with E-state index in [0.717, 1.165) is 21.5 Å². The molecule has 0 unspecified atom stereocenters. The number of carboxylic acid groups (broad SMARTS) is 1. The van der Waals surface area contributed by atoms with Gasteiger partial charge in [-0.15, -0.1) is 0 Å². The number of nitrogens with zero attached hydrogens (tertiary/aromatic N) is 2. The van der Waals surface area contributed by atoms with E-state index < -0.39 is 5.97 Å². The lowest BCUT2D eigenvalue weighted by atomic mass is 10.1. The van der Waals surface area contributed by atoms with Gasteiger partial charge in [-0.25, -0.2) is 9.48 Å². The van der Waals surface area contributed by atoms with Gasteiger partial charge >= 0.3 is 5.97 Å². The number of halogens is 1. The Morgan fingerprint density at radius 2 is 1.75 bits per heavy atom. The number of aromatic carboxylic acids is 1. The number of benzene rings is 2. The highest BCUT2D eigenvalue weighted by Crippen LogP contribution is 2.28. The van der Waals surface area contributed by atoms with Gasteiger partial charge < -0.3 is 9.84 Å². The zero-order chi connectivity index (χ0) is 17.3. The van der Waals surface area contributed by atoms with Crippen LogP contribution in [0.3, 0.4) is 0 Å². The Hall–Kier alpha value is -2.60. The highest BCUT2D eigenvalue weighted by molar-refractivity contribution is 9.10. The van der Waals surface area contributed by atoms with Gasteiger partial charge in [0.1, 0.15) is 17.0 Å². The average Bonchev–Trinajstić information content (AvgIpc) is 2.93. The summed E-state index contributed by atoms with van der Waals surface area (Å²) < 4.78 is 7.72. The summed E-state index contributed by atoms with van der Waals surface area (Å²) in [6, 6.07) is 14.7. The van der Waals surface area contributed by atoms with Crippen LogP contribution in [-0.4, -0.2) is 28.0 Å². The minimum absolute atomic E-state index is 0.202. The van der Waals surface area contributed by atoms with Gasteiger partial charge in [0, 0.05) is 10.0 Å². The van der Waals surface area contributed by atoms with Crippen LogP contribution in [0.15, 0.2) is 53.0 Å². The fourth-order valence-corrected chi connectivity index (χ4v) is 2.81. The summed E-state index contributed by atoms with van der Waals surface area (Å²) in [5, 5.41) is 14.2.